The van der Waals surface area contributed by atoms with Gasteiger partial charge in [-0.3, -0.25) is 9.69 Å². The number of nitriles is 1. The van der Waals surface area contributed by atoms with Gasteiger partial charge in [-0.25, -0.2) is 0 Å². The molecule has 1 aliphatic heterocycles. The summed E-state index contributed by atoms with van der Waals surface area (Å²) in [5.74, 6) is 0.368. The summed E-state index contributed by atoms with van der Waals surface area (Å²) in [5.41, 5.74) is 7.73. The highest BCUT2D eigenvalue weighted by atomic mass is 32.1. The predicted octanol–water partition coefficient (Wildman–Crippen LogP) is 4.99. The molecule has 1 unspecified atom stereocenters. The minimum absolute atomic E-state index is 0.0498. The number of thiocarbonyl (C=S) groups is 1. The summed E-state index contributed by atoms with van der Waals surface area (Å²) in [6, 6.07) is 18.9. The van der Waals surface area contributed by atoms with E-state index in [0.29, 0.717) is 33.4 Å². The average molecular weight is 432 g/mol. The molecule has 0 aromatic heterocycles. The molecule has 2 N–H and O–H groups in total. The molecule has 5 nitrogen and oxygen atoms in total. The van der Waals surface area contributed by atoms with Crippen LogP contribution in [0.5, 0.6) is 5.75 Å². The number of ketones is 1. The Labute approximate surface area is 188 Å². The summed E-state index contributed by atoms with van der Waals surface area (Å²) < 4.78 is 5.26. The lowest BCUT2D eigenvalue weighted by molar-refractivity contribution is 0.0824. The Hall–Kier alpha value is -3.17. The molecule has 1 aliphatic carbocycles. The van der Waals surface area contributed by atoms with Crippen LogP contribution in [0.25, 0.3) is 0 Å². The van der Waals surface area contributed by atoms with Crippen LogP contribution in [0.2, 0.25) is 0 Å². The number of benzene rings is 2. The monoisotopic (exact) mass is 431 g/mol. The highest BCUT2D eigenvalue weighted by molar-refractivity contribution is 7.80. The van der Waals surface area contributed by atoms with Crippen molar-refractivity contribution in [3.63, 3.8) is 0 Å². The lowest BCUT2D eigenvalue weighted by atomic mass is 9.58. The molecule has 2 aliphatic rings. The molecular weight excluding hydrogens is 406 g/mol. The van der Waals surface area contributed by atoms with Crippen LogP contribution in [0.15, 0.2) is 66.0 Å². The lowest BCUT2D eigenvalue weighted by Crippen LogP contribution is -2.55. The molecule has 1 saturated carbocycles. The van der Waals surface area contributed by atoms with Gasteiger partial charge in [-0.1, -0.05) is 61.8 Å². The summed E-state index contributed by atoms with van der Waals surface area (Å²) in [4.78, 5) is 16.0. The number of allylic oxidation sites excluding steroid dienone is 1. The quantitative estimate of drug-likeness (QED) is 0.543. The third-order valence-corrected chi connectivity index (χ3v) is 6.94. The fourth-order valence-electron chi connectivity index (χ4n) is 5.02. The van der Waals surface area contributed by atoms with Gasteiger partial charge in [0.2, 0.25) is 0 Å². The maximum absolute atomic E-state index is 13.8. The van der Waals surface area contributed by atoms with Gasteiger partial charge in [0, 0.05) is 16.7 Å². The first-order valence-corrected chi connectivity index (χ1v) is 10.9. The zero-order chi connectivity index (χ0) is 22.0. The third-order valence-electron chi connectivity index (χ3n) is 6.52. The number of ether oxygens (including phenoxy) is 1. The highest BCUT2D eigenvalue weighted by Crippen LogP contribution is 2.53. The Balaban J connectivity index is 1.90. The maximum Gasteiger partial charge on any atom is 0.173 e. The SMILES string of the molecule is COc1ccc(N2C(=S)C(C(=O)c3ccccc3)C3(CCCCC3)C(C#N)=C2N)cc1. The Morgan fingerprint density at radius 1 is 1.13 bits per heavy atom. The van der Waals surface area contributed by atoms with Crippen molar-refractivity contribution in [2.45, 2.75) is 32.1 Å². The van der Waals surface area contributed by atoms with Gasteiger partial charge >= 0.3 is 0 Å². The summed E-state index contributed by atoms with van der Waals surface area (Å²) in [7, 11) is 1.60. The number of nitrogens with two attached hydrogens (primary N) is 1. The number of anilines is 1. The fraction of sp³-hybridized carbons (Fsp3) is 0.320. The topological polar surface area (TPSA) is 79.3 Å². The van der Waals surface area contributed by atoms with E-state index >= 15 is 0 Å². The van der Waals surface area contributed by atoms with E-state index in [9.17, 15) is 10.1 Å². The number of Topliss-reactive ketones (excluding diaryl/α,β-unsaturated/α-hetero) is 1. The van der Waals surface area contributed by atoms with Crippen LogP contribution in [0.1, 0.15) is 42.5 Å². The molecule has 1 spiro atoms. The Morgan fingerprint density at radius 2 is 1.77 bits per heavy atom. The zero-order valence-corrected chi connectivity index (χ0v) is 18.3. The number of methoxy groups -OCH3 is 1. The second kappa shape index (κ2) is 8.52. The standard InChI is InChI=1S/C25H25N3O2S/c1-30-19-12-10-18(11-13-19)28-23(27)20(16-26)25(14-6-3-7-15-25)21(24(28)31)22(29)17-8-4-2-5-9-17/h2,4-5,8-13,21H,3,6-7,14-15,27H2,1H3. The van der Waals surface area contributed by atoms with Crippen LogP contribution < -0.4 is 15.4 Å². The average Bonchev–Trinajstić information content (AvgIpc) is 2.81. The molecule has 6 heteroatoms. The van der Waals surface area contributed by atoms with Crippen LogP contribution in [-0.4, -0.2) is 17.9 Å². The molecule has 4 rings (SSSR count). The van der Waals surface area contributed by atoms with E-state index < -0.39 is 11.3 Å². The van der Waals surface area contributed by atoms with Gasteiger partial charge in [-0.05, 0) is 37.1 Å². The van der Waals surface area contributed by atoms with Gasteiger partial charge in [0.25, 0.3) is 0 Å². The van der Waals surface area contributed by atoms with Crippen molar-refractivity contribution in [1.82, 2.24) is 0 Å². The van der Waals surface area contributed by atoms with Crippen molar-refractivity contribution < 1.29 is 9.53 Å². The molecule has 1 atom stereocenters. The number of nitrogens with zero attached hydrogens (tertiary/aromatic N) is 2. The van der Waals surface area contributed by atoms with E-state index in [1.165, 1.54) is 0 Å². The van der Waals surface area contributed by atoms with Crippen LogP contribution in [0.3, 0.4) is 0 Å². The zero-order valence-electron chi connectivity index (χ0n) is 17.5. The number of carbonyl (C=O) groups is 1. The van der Waals surface area contributed by atoms with Crippen molar-refractivity contribution in [2.75, 3.05) is 12.0 Å². The highest BCUT2D eigenvalue weighted by Gasteiger charge is 2.54. The van der Waals surface area contributed by atoms with Crippen molar-refractivity contribution >= 4 is 28.7 Å². The first-order valence-electron chi connectivity index (χ1n) is 10.5. The second-order valence-corrected chi connectivity index (χ2v) is 8.54. The van der Waals surface area contributed by atoms with Crippen molar-refractivity contribution in [3.8, 4) is 11.8 Å². The summed E-state index contributed by atoms with van der Waals surface area (Å²) in [6.45, 7) is 0. The maximum atomic E-state index is 13.8. The van der Waals surface area contributed by atoms with E-state index in [0.717, 1.165) is 32.1 Å². The fourth-order valence-corrected chi connectivity index (χ4v) is 5.55. The van der Waals surface area contributed by atoms with Crippen molar-refractivity contribution in [3.05, 3.63) is 71.6 Å². The van der Waals surface area contributed by atoms with Gasteiger partial charge < -0.3 is 10.5 Å². The van der Waals surface area contributed by atoms with E-state index in [2.05, 4.69) is 6.07 Å². The summed E-state index contributed by atoms with van der Waals surface area (Å²) in [5, 5.41) is 10.2. The second-order valence-electron chi connectivity index (χ2n) is 8.12. The predicted molar refractivity (Wildman–Crippen MR) is 125 cm³/mol. The molecule has 2 aromatic rings. The molecular formula is C25H25N3O2S. The number of hydrogen-bond acceptors (Lipinski definition) is 5. The smallest absolute Gasteiger partial charge is 0.173 e. The van der Waals surface area contributed by atoms with Gasteiger partial charge in [0.15, 0.2) is 5.78 Å². The first kappa shape index (κ1) is 21.1. The Bertz CT molecular complexity index is 1060. The Morgan fingerprint density at radius 3 is 2.35 bits per heavy atom. The van der Waals surface area contributed by atoms with E-state index in [4.69, 9.17) is 22.7 Å². The van der Waals surface area contributed by atoms with Crippen LogP contribution >= 0.6 is 12.2 Å². The molecule has 31 heavy (non-hydrogen) atoms. The largest absolute Gasteiger partial charge is 0.497 e. The summed E-state index contributed by atoms with van der Waals surface area (Å²) >= 11 is 5.95. The number of carbonyl (C=O) groups excluding carboxylic acids is 1. The molecule has 2 aromatic carbocycles. The van der Waals surface area contributed by atoms with Gasteiger partial charge in [0.1, 0.15) is 11.6 Å². The Kier molecular flexibility index (Phi) is 5.79. The minimum atomic E-state index is -0.649. The molecule has 0 amide bonds. The molecule has 158 valence electrons. The molecule has 0 saturated heterocycles. The van der Waals surface area contributed by atoms with Gasteiger partial charge in [-0.2, -0.15) is 5.26 Å². The van der Waals surface area contributed by atoms with Crippen molar-refractivity contribution in [1.29, 1.82) is 5.26 Å². The molecule has 0 radical (unpaired) electrons. The molecule has 1 fully saturated rings. The first-order chi connectivity index (χ1) is 15.0. The van der Waals surface area contributed by atoms with Crippen LogP contribution in [0.4, 0.5) is 5.69 Å². The van der Waals surface area contributed by atoms with E-state index in [1.54, 1.807) is 12.0 Å². The van der Waals surface area contributed by atoms with Crippen molar-refractivity contribution in [2.24, 2.45) is 17.1 Å². The van der Waals surface area contributed by atoms with Crippen LogP contribution in [-0.2, 0) is 0 Å². The van der Waals surface area contributed by atoms with E-state index in [-0.39, 0.29) is 5.78 Å². The van der Waals surface area contributed by atoms with Gasteiger partial charge in [-0.15, -0.1) is 0 Å². The minimum Gasteiger partial charge on any atom is -0.497 e. The number of rotatable bonds is 4. The normalized spacial score (nSPS) is 20.5. The summed E-state index contributed by atoms with van der Waals surface area (Å²) in [6.07, 6.45) is 4.44. The number of hydrogen-bond donors (Lipinski definition) is 1. The molecule has 1 heterocycles. The van der Waals surface area contributed by atoms with Gasteiger partial charge in [0.05, 0.1) is 29.7 Å². The van der Waals surface area contributed by atoms with Crippen LogP contribution in [0, 0.1) is 22.7 Å². The lowest BCUT2D eigenvalue weighted by Gasteiger charge is -2.49. The third kappa shape index (κ3) is 3.49. The van der Waals surface area contributed by atoms with E-state index in [1.807, 2.05) is 54.6 Å². The molecule has 0 bridgehead atoms.